The van der Waals surface area contributed by atoms with Crippen molar-refractivity contribution in [3.63, 3.8) is 0 Å². The molecule has 2 heterocycles. The highest BCUT2D eigenvalue weighted by Gasteiger charge is 2.27. The van der Waals surface area contributed by atoms with Gasteiger partial charge < -0.3 is 14.5 Å². The molecule has 1 atom stereocenters. The standard InChI is InChI=1S/C15H14N2O3/c1-19-15(18)11-9-16-14(17-11)13-8-7-12(20-13)10-5-3-2-4-6-10/h2-8,11H,9H2,1H3,(H,16,17). The molecule has 1 aromatic carbocycles. The van der Waals surface area contributed by atoms with Gasteiger partial charge in [-0.25, -0.2) is 4.79 Å². The molecule has 0 radical (unpaired) electrons. The van der Waals surface area contributed by atoms with Gasteiger partial charge in [-0.05, 0) is 12.1 Å². The Kier molecular flexibility index (Phi) is 3.25. The quantitative estimate of drug-likeness (QED) is 0.864. The van der Waals surface area contributed by atoms with Gasteiger partial charge in [0.25, 0.3) is 0 Å². The van der Waals surface area contributed by atoms with E-state index < -0.39 is 6.04 Å². The van der Waals surface area contributed by atoms with Gasteiger partial charge in [0.15, 0.2) is 11.6 Å². The molecule has 1 aliphatic heterocycles. The third-order valence-electron chi connectivity index (χ3n) is 3.13. The topological polar surface area (TPSA) is 63.8 Å². The van der Waals surface area contributed by atoms with E-state index in [9.17, 15) is 4.79 Å². The largest absolute Gasteiger partial charge is 0.467 e. The number of benzene rings is 1. The molecule has 1 N–H and O–H groups in total. The minimum atomic E-state index is -0.430. The number of hydrogen-bond donors (Lipinski definition) is 1. The Labute approximate surface area is 116 Å². The van der Waals surface area contributed by atoms with Crippen molar-refractivity contribution in [1.29, 1.82) is 0 Å². The molecule has 3 rings (SSSR count). The average molecular weight is 270 g/mol. The second kappa shape index (κ2) is 5.21. The van der Waals surface area contributed by atoms with Gasteiger partial charge in [-0.3, -0.25) is 4.99 Å². The number of ether oxygens (including phenoxy) is 1. The summed E-state index contributed by atoms with van der Waals surface area (Å²) in [6.07, 6.45) is 0. The molecule has 0 saturated heterocycles. The van der Waals surface area contributed by atoms with Crippen molar-refractivity contribution in [1.82, 2.24) is 5.32 Å². The molecule has 1 aliphatic rings. The minimum Gasteiger partial charge on any atom is -0.467 e. The average Bonchev–Trinajstić information content (AvgIpc) is 3.16. The molecular weight excluding hydrogens is 256 g/mol. The maximum Gasteiger partial charge on any atom is 0.330 e. The molecule has 0 spiro atoms. The summed E-state index contributed by atoms with van der Waals surface area (Å²) in [5.74, 6) is 1.66. The van der Waals surface area contributed by atoms with Crippen LogP contribution in [0.25, 0.3) is 11.3 Å². The van der Waals surface area contributed by atoms with Crippen molar-refractivity contribution in [2.45, 2.75) is 6.04 Å². The molecule has 0 aliphatic carbocycles. The number of rotatable bonds is 3. The van der Waals surface area contributed by atoms with Crippen molar-refractivity contribution >= 4 is 11.8 Å². The molecule has 1 unspecified atom stereocenters. The summed E-state index contributed by atoms with van der Waals surface area (Å²) in [6.45, 7) is 0.364. The van der Waals surface area contributed by atoms with Crippen LogP contribution in [-0.2, 0) is 9.53 Å². The van der Waals surface area contributed by atoms with Gasteiger partial charge in [0.05, 0.1) is 13.7 Å². The van der Waals surface area contributed by atoms with E-state index in [1.165, 1.54) is 7.11 Å². The number of amidine groups is 1. The molecule has 1 aromatic heterocycles. The van der Waals surface area contributed by atoms with Crippen molar-refractivity contribution in [2.75, 3.05) is 13.7 Å². The van der Waals surface area contributed by atoms with Crippen LogP contribution in [0, 0.1) is 0 Å². The molecule has 5 nitrogen and oxygen atoms in total. The fourth-order valence-corrected chi connectivity index (χ4v) is 2.09. The number of nitrogens with one attached hydrogen (secondary N) is 1. The first-order valence-electron chi connectivity index (χ1n) is 6.32. The van der Waals surface area contributed by atoms with Crippen LogP contribution in [0.1, 0.15) is 5.76 Å². The Balaban J connectivity index is 1.77. The normalized spacial score (nSPS) is 17.4. The van der Waals surface area contributed by atoms with E-state index in [4.69, 9.17) is 4.42 Å². The van der Waals surface area contributed by atoms with Crippen molar-refractivity contribution in [2.24, 2.45) is 4.99 Å². The van der Waals surface area contributed by atoms with Crippen LogP contribution in [0.5, 0.6) is 0 Å². The summed E-state index contributed by atoms with van der Waals surface area (Å²) in [4.78, 5) is 15.7. The molecule has 2 aromatic rings. The maximum absolute atomic E-state index is 11.4. The number of carbonyl (C=O) groups excluding carboxylic acids is 1. The van der Waals surface area contributed by atoms with E-state index in [2.05, 4.69) is 15.0 Å². The molecule has 102 valence electrons. The second-order valence-electron chi connectivity index (χ2n) is 4.44. The predicted molar refractivity (Wildman–Crippen MR) is 74.5 cm³/mol. The predicted octanol–water partition coefficient (Wildman–Crippen LogP) is 1.84. The minimum absolute atomic E-state index is 0.321. The van der Waals surface area contributed by atoms with Crippen molar-refractivity contribution < 1.29 is 13.9 Å². The first-order chi connectivity index (χ1) is 9.78. The lowest BCUT2D eigenvalue weighted by atomic mass is 10.2. The van der Waals surface area contributed by atoms with Crippen LogP contribution in [-0.4, -0.2) is 31.5 Å². The van der Waals surface area contributed by atoms with Gasteiger partial charge >= 0.3 is 5.97 Å². The molecule has 5 heteroatoms. The smallest absolute Gasteiger partial charge is 0.330 e. The molecule has 0 bridgehead atoms. The van der Waals surface area contributed by atoms with E-state index >= 15 is 0 Å². The molecule has 20 heavy (non-hydrogen) atoms. The van der Waals surface area contributed by atoms with Crippen molar-refractivity contribution in [3.05, 3.63) is 48.2 Å². The molecule has 0 fully saturated rings. The van der Waals surface area contributed by atoms with Crippen LogP contribution in [0.2, 0.25) is 0 Å². The monoisotopic (exact) mass is 270 g/mol. The third-order valence-corrected chi connectivity index (χ3v) is 3.13. The highest BCUT2D eigenvalue weighted by atomic mass is 16.5. The summed E-state index contributed by atoms with van der Waals surface area (Å²) < 4.78 is 10.5. The van der Waals surface area contributed by atoms with Crippen molar-refractivity contribution in [3.8, 4) is 11.3 Å². The summed E-state index contributed by atoms with van der Waals surface area (Å²) >= 11 is 0. The summed E-state index contributed by atoms with van der Waals surface area (Å²) in [5, 5.41) is 3.00. The van der Waals surface area contributed by atoms with Crippen LogP contribution < -0.4 is 5.32 Å². The Morgan fingerprint density at radius 3 is 2.75 bits per heavy atom. The highest BCUT2D eigenvalue weighted by molar-refractivity contribution is 6.01. The first-order valence-corrected chi connectivity index (χ1v) is 6.32. The van der Waals surface area contributed by atoms with Crippen LogP contribution in [0.4, 0.5) is 0 Å². The molecule has 0 saturated carbocycles. The van der Waals surface area contributed by atoms with Gasteiger partial charge in [0, 0.05) is 5.56 Å². The Morgan fingerprint density at radius 2 is 2.00 bits per heavy atom. The van der Waals surface area contributed by atoms with Crippen LogP contribution in [0.3, 0.4) is 0 Å². The molecule has 0 amide bonds. The summed E-state index contributed by atoms with van der Waals surface area (Å²) in [7, 11) is 1.36. The third kappa shape index (κ3) is 2.30. The van der Waals surface area contributed by atoms with Gasteiger partial charge in [-0.1, -0.05) is 30.3 Å². The maximum atomic E-state index is 11.4. The zero-order chi connectivity index (χ0) is 13.9. The Hall–Kier alpha value is -2.56. The number of hydrogen-bond acceptors (Lipinski definition) is 5. The van der Waals surface area contributed by atoms with Gasteiger partial charge in [-0.2, -0.15) is 0 Å². The zero-order valence-electron chi connectivity index (χ0n) is 11.0. The van der Waals surface area contributed by atoms with E-state index in [0.29, 0.717) is 18.1 Å². The lowest BCUT2D eigenvalue weighted by Crippen LogP contribution is -2.38. The fourth-order valence-electron chi connectivity index (χ4n) is 2.09. The van der Waals surface area contributed by atoms with E-state index in [0.717, 1.165) is 11.3 Å². The van der Waals surface area contributed by atoms with E-state index in [-0.39, 0.29) is 5.97 Å². The number of aliphatic imine (C=N–C) groups is 1. The zero-order valence-corrected chi connectivity index (χ0v) is 11.0. The Morgan fingerprint density at radius 1 is 1.25 bits per heavy atom. The first kappa shape index (κ1) is 12.5. The summed E-state index contributed by atoms with van der Waals surface area (Å²) in [5.41, 5.74) is 1.00. The van der Waals surface area contributed by atoms with Crippen LogP contribution >= 0.6 is 0 Å². The SMILES string of the molecule is COC(=O)C1CN=C(c2ccc(-c3ccccc3)o2)N1. The second-order valence-corrected chi connectivity index (χ2v) is 4.44. The van der Waals surface area contributed by atoms with Gasteiger partial charge in [0.2, 0.25) is 0 Å². The van der Waals surface area contributed by atoms with Gasteiger partial charge in [-0.15, -0.1) is 0 Å². The number of carbonyl (C=O) groups is 1. The summed E-state index contributed by atoms with van der Waals surface area (Å²) in [6, 6.07) is 13.1. The lowest BCUT2D eigenvalue weighted by molar-refractivity contribution is -0.142. The molecular formula is C15H14N2O3. The number of esters is 1. The highest BCUT2D eigenvalue weighted by Crippen LogP contribution is 2.22. The fraction of sp³-hybridized carbons (Fsp3) is 0.200. The van der Waals surface area contributed by atoms with E-state index in [1.807, 2.05) is 42.5 Å². The van der Waals surface area contributed by atoms with E-state index in [1.54, 1.807) is 0 Å². The van der Waals surface area contributed by atoms with Crippen LogP contribution in [0.15, 0.2) is 51.9 Å². The number of furan rings is 1. The van der Waals surface area contributed by atoms with Gasteiger partial charge in [0.1, 0.15) is 11.8 Å². The number of nitrogens with zero attached hydrogens (tertiary/aromatic N) is 1. The lowest BCUT2D eigenvalue weighted by Gasteiger charge is -2.07. The number of methoxy groups -OCH3 is 1. The Bertz CT molecular complexity index is 646.